The summed E-state index contributed by atoms with van der Waals surface area (Å²) in [5.74, 6) is 6.25. The van der Waals surface area contributed by atoms with Crippen LogP contribution in [0.5, 0.6) is 0 Å². The number of nitrogen functional groups attached to an aromatic ring is 1. The molecule has 5 nitrogen and oxygen atoms in total. The first-order valence-corrected chi connectivity index (χ1v) is 6.41. The molecule has 0 spiro atoms. The minimum atomic E-state index is 0.382. The van der Waals surface area contributed by atoms with Gasteiger partial charge in [-0.2, -0.15) is 0 Å². The predicted octanol–water partition coefficient (Wildman–Crippen LogP) is 2.72. The van der Waals surface area contributed by atoms with Crippen LogP contribution in [0.2, 0.25) is 10.0 Å². The van der Waals surface area contributed by atoms with Gasteiger partial charge in [-0.25, -0.2) is 10.8 Å². The Hall–Kier alpha value is -1.56. The zero-order valence-corrected chi connectivity index (χ0v) is 11.5. The number of nitrogens with two attached hydrogens (primary N) is 1. The maximum atomic E-state index is 6.05. The molecule has 7 heteroatoms. The molecule has 0 saturated carbocycles. The third kappa shape index (κ3) is 3.70. The molecule has 4 N–H and O–H groups in total. The molecular formula is C12H13Cl2N5. The zero-order valence-electron chi connectivity index (χ0n) is 10.0. The second kappa shape index (κ2) is 6.56. The van der Waals surface area contributed by atoms with E-state index in [1.165, 1.54) is 5.56 Å². The van der Waals surface area contributed by atoms with E-state index in [1.54, 1.807) is 18.5 Å². The molecule has 0 amide bonds. The summed E-state index contributed by atoms with van der Waals surface area (Å²) in [5.41, 5.74) is 3.61. The van der Waals surface area contributed by atoms with Crippen molar-refractivity contribution in [3.05, 3.63) is 46.2 Å². The van der Waals surface area contributed by atoms with Gasteiger partial charge in [-0.15, -0.1) is 0 Å². The number of hydrazine groups is 1. The van der Waals surface area contributed by atoms with E-state index in [0.29, 0.717) is 28.2 Å². The summed E-state index contributed by atoms with van der Waals surface area (Å²) in [6.07, 6.45) is 4.37. The highest BCUT2D eigenvalue weighted by atomic mass is 35.5. The summed E-state index contributed by atoms with van der Waals surface area (Å²) >= 11 is 12.0. The minimum Gasteiger partial charge on any atom is -0.368 e. The van der Waals surface area contributed by atoms with Gasteiger partial charge < -0.3 is 10.7 Å². The quantitative estimate of drug-likeness (QED) is 0.584. The Morgan fingerprint density at radius 3 is 2.47 bits per heavy atom. The van der Waals surface area contributed by atoms with Crippen molar-refractivity contribution in [3.8, 4) is 0 Å². The summed E-state index contributed by atoms with van der Waals surface area (Å²) in [4.78, 5) is 8.17. The molecule has 0 fully saturated rings. The van der Waals surface area contributed by atoms with Gasteiger partial charge >= 0.3 is 0 Å². The number of nitrogens with zero attached hydrogens (tertiary/aromatic N) is 2. The van der Waals surface area contributed by atoms with Crippen molar-refractivity contribution in [1.29, 1.82) is 0 Å². The zero-order chi connectivity index (χ0) is 13.7. The van der Waals surface area contributed by atoms with Crippen LogP contribution in [0.25, 0.3) is 0 Å². The summed E-state index contributed by atoms with van der Waals surface area (Å²) in [5, 5.41) is 3.98. The van der Waals surface area contributed by atoms with E-state index >= 15 is 0 Å². The van der Waals surface area contributed by atoms with E-state index in [1.807, 2.05) is 12.1 Å². The summed E-state index contributed by atoms with van der Waals surface area (Å²) in [6.45, 7) is 0.697. The average molecular weight is 298 g/mol. The minimum absolute atomic E-state index is 0.382. The Bertz CT molecular complexity index is 547. The largest absolute Gasteiger partial charge is 0.368 e. The van der Waals surface area contributed by atoms with Crippen molar-refractivity contribution in [3.63, 3.8) is 0 Å². The fraction of sp³-hybridized carbons (Fsp3) is 0.167. The number of nitrogens with one attached hydrogen (secondary N) is 2. The molecule has 2 aromatic rings. The van der Waals surface area contributed by atoms with Crippen LogP contribution in [0.4, 0.5) is 11.6 Å². The Balaban J connectivity index is 2.00. The Labute approximate surface area is 121 Å². The molecule has 0 aliphatic heterocycles. The standard InChI is InChI=1S/C12H13Cl2N5/c13-9-7-10(14)12(19-15)18-11(9)17-6-3-8-1-4-16-5-2-8/h1-2,4-5,7H,3,6,15H2,(H2,17,18,19). The molecule has 0 unspecified atom stereocenters. The van der Waals surface area contributed by atoms with Crippen molar-refractivity contribution >= 4 is 34.8 Å². The second-order valence-corrected chi connectivity index (χ2v) is 4.64. The van der Waals surface area contributed by atoms with E-state index in [-0.39, 0.29) is 0 Å². The van der Waals surface area contributed by atoms with E-state index < -0.39 is 0 Å². The van der Waals surface area contributed by atoms with Crippen molar-refractivity contribution in [1.82, 2.24) is 9.97 Å². The van der Waals surface area contributed by atoms with Crippen LogP contribution in [0.3, 0.4) is 0 Å². The fourth-order valence-corrected chi connectivity index (χ4v) is 2.05. The lowest BCUT2D eigenvalue weighted by molar-refractivity contribution is 1.000. The monoisotopic (exact) mass is 297 g/mol. The van der Waals surface area contributed by atoms with E-state index in [9.17, 15) is 0 Å². The molecule has 0 aromatic carbocycles. The van der Waals surface area contributed by atoms with Crippen LogP contribution >= 0.6 is 23.2 Å². The summed E-state index contributed by atoms with van der Waals surface area (Å²) in [7, 11) is 0. The van der Waals surface area contributed by atoms with Gasteiger partial charge in [-0.1, -0.05) is 23.2 Å². The summed E-state index contributed by atoms with van der Waals surface area (Å²) in [6, 6.07) is 5.52. The predicted molar refractivity (Wildman–Crippen MR) is 78.5 cm³/mol. The molecule has 0 atom stereocenters. The van der Waals surface area contributed by atoms with Crippen LogP contribution in [-0.4, -0.2) is 16.5 Å². The van der Waals surface area contributed by atoms with Gasteiger partial charge in [0.1, 0.15) is 5.82 Å². The lowest BCUT2D eigenvalue weighted by atomic mass is 10.2. The SMILES string of the molecule is NNc1nc(NCCc2ccncc2)c(Cl)cc1Cl. The summed E-state index contributed by atoms with van der Waals surface area (Å²) < 4.78 is 0. The number of aromatic nitrogens is 2. The molecule has 0 aliphatic carbocycles. The van der Waals surface area contributed by atoms with E-state index in [4.69, 9.17) is 29.0 Å². The number of hydrogen-bond acceptors (Lipinski definition) is 5. The van der Waals surface area contributed by atoms with Crippen LogP contribution in [0.1, 0.15) is 5.56 Å². The molecular weight excluding hydrogens is 285 g/mol. The number of pyridine rings is 2. The number of anilines is 2. The van der Waals surface area contributed by atoms with Crippen molar-refractivity contribution < 1.29 is 0 Å². The highest BCUT2D eigenvalue weighted by molar-refractivity contribution is 6.37. The highest BCUT2D eigenvalue weighted by Gasteiger charge is 2.08. The van der Waals surface area contributed by atoms with E-state index in [2.05, 4.69) is 20.7 Å². The first-order chi connectivity index (χ1) is 9.20. The van der Waals surface area contributed by atoms with E-state index in [0.717, 1.165) is 6.42 Å². The van der Waals surface area contributed by atoms with Crippen LogP contribution in [-0.2, 0) is 6.42 Å². The molecule has 0 aliphatic rings. The van der Waals surface area contributed by atoms with Crippen LogP contribution in [0, 0.1) is 0 Å². The molecule has 0 radical (unpaired) electrons. The number of rotatable bonds is 5. The lowest BCUT2D eigenvalue weighted by Crippen LogP contribution is -2.12. The van der Waals surface area contributed by atoms with Crippen molar-refractivity contribution in [2.24, 2.45) is 5.84 Å². The number of halogens is 2. The average Bonchev–Trinajstić information content (AvgIpc) is 2.42. The molecule has 0 saturated heterocycles. The van der Waals surface area contributed by atoms with Crippen molar-refractivity contribution in [2.45, 2.75) is 6.42 Å². The Morgan fingerprint density at radius 2 is 1.79 bits per heavy atom. The molecule has 0 bridgehead atoms. The molecule has 19 heavy (non-hydrogen) atoms. The second-order valence-electron chi connectivity index (χ2n) is 3.83. The van der Waals surface area contributed by atoms with Gasteiger partial charge in [-0.05, 0) is 30.2 Å². The lowest BCUT2D eigenvalue weighted by Gasteiger charge is -2.10. The molecule has 2 aromatic heterocycles. The van der Waals surface area contributed by atoms with Gasteiger partial charge in [0.2, 0.25) is 0 Å². The van der Waals surface area contributed by atoms with Crippen LogP contribution < -0.4 is 16.6 Å². The van der Waals surface area contributed by atoms with Gasteiger partial charge in [0.25, 0.3) is 0 Å². The van der Waals surface area contributed by atoms with Gasteiger partial charge in [0, 0.05) is 18.9 Å². The van der Waals surface area contributed by atoms with Gasteiger partial charge in [0.15, 0.2) is 5.82 Å². The molecule has 2 heterocycles. The third-order valence-electron chi connectivity index (χ3n) is 2.52. The smallest absolute Gasteiger partial charge is 0.161 e. The molecule has 100 valence electrons. The van der Waals surface area contributed by atoms with Crippen LogP contribution in [0.15, 0.2) is 30.6 Å². The van der Waals surface area contributed by atoms with Gasteiger partial charge in [0.05, 0.1) is 10.0 Å². The topological polar surface area (TPSA) is 75.9 Å². The fourth-order valence-electron chi connectivity index (χ4n) is 1.57. The Kier molecular flexibility index (Phi) is 4.79. The normalized spacial score (nSPS) is 10.3. The maximum Gasteiger partial charge on any atom is 0.161 e. The third-order valence-corrected chi connectivity index (χ3v) is 3.10. The highest BCUT2D eigenvalue weighted by Crippen LogP contribution is 2.28. The number of hydrogen-bond donors (Lipinski definition) is 3. The van der Waals surface area contributed by atoms with Crippen molar-refractivity contribution in [2.75, 3.05) is 17.3 Å². The first kappa shape index (κ1) is 13.9. The van der Waals surface area contributed by atoms with Gasteiger partial charge in [-0.3, -0.25) is 4.98 Å². The first-order valence-electron chi connectivity index (χ1n) is 5.66. The Morgan fingerprint density at radius 1 is 1.11 bits per heavy atom. The maximum absolute atomic E-state index is 6.05. The molecule has 2 rings (SSSR count).